The number of ether oxygens (including phenoxy) is 1. The van der Waals surface area contributed by atoms with Gasteiger partial charge in [0.15, 0.2) is 0 Å². The molecule has 0 atom stereocenters. The minimum atomic E-state index is -0.515. The van der Waals surface area contributed by atoms with Crippen molar-refractivity contribution in [3.63, 3.8) is 0 Å². The Balaban J connectivity index is 2.35. The van der Waals surface area contributed by atoms with Crippen LogP contribution in [-0.2, 0) is 5.88 Å². The van der Waals surface area contributed by atoms with Crippen molar-refractivity contribution in [2.45, 2.75) is 5.88 Å². The quantitative estimate of drug-likeness (QED) is 0.436. The molecule has 2 aromatic carbocycles. The number of rotatable bonds is 4. The van der Waals surface area contributed by atoms with Gasteiger partial charge in [-0.25, -0.2) is 4.39 Å². The molecule has 2 aromatic rings. The number of hydrogen-bond acceptors (Lipinski definition) is 3. The van der Waals surface area contributed by atoms with Gasteiger partial charge in [-0.15, -0.1) is 11.6 Å². The summed E-state index contributed by atoms with van der Waals surface area (Å²) in [7, 11) is 0. The van der Waals surface area contributed by atoms with Crippen molar-refractivity contribution in [2.75, 3.05) is 0 Å². The van der Waals surface area contributed by atoms with E-state index < -0.39 is 10.7 Å². The van der Waals surface area contributed by atoms with Crippen LogP contribution in [0, 0.1) is 15.9 Å². The fourth-order valence-electron chi connectivity index (χ4n) is 1.60. The molecule has 20 heavy (non-hydrogen) atoms. The normalized spacial score (nSPS) is 10.3. The maximum Gasteiger partial charge on any atom is 0.270 e. The number of hydrogen-bond donors (Lipinski definition) is 0. The maximum atomic E-state index is 13.3. The van der Waals surface area contributed by atoms with Gasteiger partial charge in [0.1, 0.15) is 17.3 Å². The average molecular weight is 361 g/mol. The van der Waals surface area contributed by atoms with E-state index in [-0.39, 0.29) is 17.3 Å². The first-order valence-electron chi connectivity index (χ1n) is 5.47. The zero-order chi connectivity index (χ0) is 14.7. The van der Waals surface area contributed by atoms with Crippen molar-refractivity contribution in [1.29, 1.82) is 0 Å². The first-order chi connectivity index (χ1) is 9.49. The summed E-state index contributed by atoms with van der Waals surface area (Å²) in [5.41, 5.74) is 0.384. The van der Waals surface area contributed by atoms with Gasteiger partial charge in [-0.2, -0.15) is 0 Å². The summed E-state index contributed by atoms with van der Waals surface area (Å²) in [5, 5.41) is 10.7. The lowest BCUT2D eigenvalue weighted by Gasteiger charge is -2.10. The minimum absolute atomic E-state index is 0.0491. The Kier molecular flexibility index (Phi) is 4.57. The van der Waals surface area contributed by atoms with Crippen LogP contribution in [0.15, 0.2) is 40.9 Å². The van der Waals surface area contributed by atoms with Gasteiger partial charge in [-0.05, 0) is 18.2 Å². The van der Waals surface area contributed by atoms with Crippen LogP contribution in [0.2, 0.25) is 0 Å². The minimum Gasteiger partial charge on any atom is -0.457 e. The molecule has 0 aliphatic heterocycles. The zero-order valence-electron chi connectivity index (χ0n) is 9.98. The fraction of sp³-hybridized carbons (Fsp3) is 0.0769. The van der Waals surface area contributed by atoms with Crippen LogP contribution < -0.4 is 4.74 Å². The molecule has 0 saturated heterocycles. The van der Waals surface area contributed by atoms with Crippen molar-refractivity contribution in [2.24, 2.45) is 0 Å². The zero-order valence-corrected chi connectivity index (χ0v) is 12.3. The first kappa shape index (κ1) is 14.7. The molecule has 4 nitrogen and oxygen atoms in total. The Morgan fingerprint density at radius 3 is 2.65 bits per heavy atom. The molecule has 0 spiro atoms. The molecule has 7 heteroatoms. The van der Waals surface area contributed by atoms with E-state index in [4.69, 9.17) is 16.3 Å². The third-order valence-corrected chi connectivity index (χ3v) is 3.21. The van der Waals surface area contributed by atoms with Crippen LogP contribution in [0.25, 0.3) is 0 Å². The third-order valence-electron chi connectivity index (χ3n) is 2.46. The van der Waals surface area contributed by atoms with E-state index in [2.05, 4.69) is 15.9 Å². The summed E-state index contributed by atoms with van der Waals surface area (Å²) in [5.74, 6) is 0.219. The summed E-state index contributed by atoms with van der Waals surface area (Å²) in [6.45, 7) is 0. The number of nitrogens with zero attached hydrogens (tertiary/aromatic N) is 1. The Morgan fingerprint density at radius 1 is 1.30 bits per heavy atom. The van der Waals surface area contributed by atoms with Crippen LogP contribution in [0.4, 0.5) is 10.1 Å². The van der Waals surface area contributed by atoms with Crippen LogP contribution in [0.3, 0.4) is 0 Å². The van der Waals surface area contributed by atoms with Gasteiger partial charge in [0.05, 0.1) is 10.8 Å². The molecule has 0 unspecified atom stereocenters. The molecule has 0 N–H and O–H groups in total. The molecule has 0 saturated carbocycles. The predicted octanol–water partition coefficient (Wildman–Crippen LogP) is 5.03. The van der Waals surface area contributed by atoms with Gasteiger partial charge < -0.3 is 4.74 Å². The molecule has 0 bridgehead atoms. The van der Waals surface area contributed by atoms with E-state index in [0.29, 0.717) is 15.8 Å². The van der Waals surface area contributed by atoms with E-state index >= 15 is 0 Å². The van der Waals surface area contributed by atoms with Gasteiger partial charge in [-0.3, -0.25) is 10.1 Å². The molecular weight excluding hydrogens is 353 g/mol. The molecule has 0 aromatic heterocycles. The lowest BCUT2D eigenvalue weighted by Crippen LogP contribution is -1.94. The highest BCUT2D eigenvalue weighted by Crippen LogP contribution is 2.31. The number of non-ortho nitro benzene ring substituents is 1. The van der Waals surface area contributed by atoms with Gasteiger partial charge in [0.2, 0.25) is 0 Å². The van der Waals surface area contributed by atoms with Crippen molar-refractivity contribution in [3.8, 4) is 11.5 Å². The predicted molar refractivity (Wildman–Crippen MR) is 76.8 cm³/mol. The highest BCUT2D eigenvalue weighted by molar-refractivity contribution is 9.10. The molecule has 0 aliphatic carbocycles. The maximum absolute atomic E-state index is 13.3. The number of benzene rings is 2. The van der Waals surface area contributed by atoms with Crippen LogP contribution in [-0.4, -0.2) is 4.92 Å². The van der Waals surface area contributed by atoms with E-state index in [9.17, 15) is 14.5 Å². The molecule has 2 rings (SSSR count). The lowest BCUT2D eigenvalue weighted by molar-refractivity contribution is -0.384. The monoisotopic (exact) mass is 359 g/mol. The highest BCUT2D eigenvalue weighted by Gasteiger charge is 2.12. The molecular formula is C13H8BrClFNO3. The van der Waals surface area contributed by atoms with Crippen molar-refractivity contribution in [3.05, 3.63) is 62.4 Å². The van der Waals surface area contributed by atoms with Crippen molar-refractivity contribution < 1.29 is 14.1 Å². The second-order valence-corrected chi connectivity index (χ2v) is 5.07. The van der Waals surface area contributed by atoms with Gasteiger partial charge in [0.25, 0.3) is 5.69 Å². The van der Waals surface area contributed by atoms with E-state index in [0.717, 1.165) is 0 Å². The van der Waals surface area contributed by atoms with Crippen LogP contribution >= 0.6 is 27.5 Å². The van der Waals surface area contributed by atoms with Crippen LogP contribution in [0.1, 0.15) is 5.56 Å². The molecule has 0 amide bonds. The van der Waals surface area contributed by atoms with Gasteiger partial charge >= 0.3 is 0 Å². The second-order valence-electron chi connectivity index (χ2n) is 3.89. The van der Waals surface area contributed by atoms with Gasteiger partial charge in [-0.1, -0.05) is 15.9 Å². The lowest BCUT2D eigenvalue weighted by atomic mass is 10.2. The second kappa shape index (κ2) is 6.19. The molecule has 0 heterocycles. The summed E-state index contributed by atoms with van der Waals surface area (Å²) in [6, 6.07) is 8.17. The number of halogens is 3. The highest BCUT2D eigenvalue weighted by atomic mass is 79.9. The summed E-state index contributed by atoms with van der Waals surface area (Å²) < 4.78 is 19.3. The standard InChI is InChI=1S/C13H8BrClFNO3/c14-9-4-10(16)6-12(5-9)20-13-2-1-11(17(18)19)3-8(13)7-15/h1-6H,7H2. The summed E-state index contributed by atoms with van der Waals surface area (Å²) >= 11 is 8.91. The third kappa shape index (κ3) is 3.46. The van der Waals surface area contributed by atoms with Crippen molar-refractivity contribution >= 4 is 33.2 Å². The topological polar surface area (TPSA) is 52.4 Å². The van der Waals surface area contributed by atoms with E-state index in [1.54, 1.807) is 6.07 Å². The number of nitro benzene ring substituents is 1. The van der Waals surface area contributed by atoms with Crippen LogP contribution in [0.5, 0.6) is 11.5 Å². The van der Waals surface area contributed by atoms with Crippen molar-refractivity contribution in [1.82, 2.24) is 0 Å². The molecule has 0 aliphatic rings. The molecule has 0 fully saturated rings. The molecule has 0 radical (unpaired) electrons. The summed E-state index contributed by atoms with van der Waals surface area (Å²) in [4.78, 5) is 10.2. The smallest absolute Gasteiger partial charge is 0.270 e. The fourth-order valence-corrected chi connectivity index (χ4v) is 2.25. The van der Waals surface area contributed by atoms with E-state index in [1.165, 1.54) is 30.3 Å². The van der Waals surface area contributed by atoms with Gasteiger partial charge in [0, 0.05) is 28.2 Å². The molecule has 104 valence electrons. The summed E-state index contributed by atoms with van der Waals surface area (Å²) in [6.07, 6.45) is 0. The number of alkyl halides is 1. The number of nitro groups is 1. The first-order valence-corrected chi connectivity index (χ1v) is 6.79. The van der Waals surface area contributed by atoms with E-state index in [1.807, 2.05) is 0 Å². The Hall–Kier alpha value is -1.66. The SMILES string of the molecule is O=[N+]([O-])c1ccc(Oc2cc(F)cc(Br)c2)c(CCl)c1. The Labute approximate surface area is 127 Å². The Morgan fingerprint density at radius 2 is 2.05 bits per heavy atom. The Bertz CT molecular complexity index is 646. The average Bonchev–Trinajstić information content (AvgIpc) is 2.37. The largest absolute Gasteiger partial charge is 0.457 e.